The molecule has 1 aromatic carbocycles. The molecule has 0 aliphatic heterocycles. The van der Waals surface area contributed by atoms with Crippen molar-refractivity contribution in [3.63, 3.8) is 0 Å². The lowest BCUT2D eigenvalue weighted by molar-refractivity contribution is 0.565. The lowest BCUT2D eigenvalue weighted by atomic mass is 10.2. The van der Waals surface area contributed by atoms with Crippen LogP contribution in [-0.2, 0) is 15.6 Å². The normalized spacial score (nSPS) is 13.6. The zero-order valence-corrected chi connectivity index (χ0v) is 11.7. The van der Waals surface area contributed by atoms with Crippen molar-refractivity contribution in [1.29, 1.82) is 0 Å². The number of hydrogen-bond donors (Lipinski definition) is 1. The van der Waals surface area contributed by atoms with Crippen LogP contribution in [0.3, 0.4) is 0 Å². The monoisotopic (exact) mass is 275 g/mol. The highest BCUT2D eigenvalue weighted by Gasteiger charge is 2.13. The molecular weight excluding hydrogens is 258 g/mol. The third-order valence-electron chi connectivity index (χ3n) is 2.65. The third kappa shape index (κ3) is 5.52. The molecule has 1 rings (SSSR count). The second-order valence-electron chi connectivity index (χ2n) is 4.20. The van der Waals surface area contributed by atoms with Gasteiger partial charge in [0.2, 0.25) is 0 Å². The van der Waals surface area contributed by atoms with Gasteiger partial charge in [-0.25, -0.2) is 8.42 Å². The van der Waals surface area contributed by atoms with Crippen LogP contribution in [0, 0.1) is 0 Å². The summed E-state index contributed by atoms with van der Waals surface area (Å²) in [6.07, 6.45) is 0.631. The van der Waals surface area contributed by atoms with Gasteiger partial charge >= 0.3 is 0 Å². The Balaban J connectivity index is 2.57. The molecule has 3 nitrogen and oxygen atoms in total. The summed E-state index contributed by atoms with van der Waals surface area (Å²) in [6.45, 7) is 1.97. The van der Waals surface area contributed by atoms with Gasteiger partial charge < -0.3 is 5.32 Å². The van der Waals surface area contributed by atoms with Crippen LogP contribution >= 0.6 is 11.6 Å². The summed E-state index contributed by atoms with van der Waals surface area (Å²) < 4.78 is 23.7. The Hall–Kier alpha value is -0.580. The highest BCUT2D eigenvalue weighted by molar-refractivity contribution is 7.90. The Bertz CT molecular complexity index is 442. The molecule has 96 valence electrons. The van der Waals surface area contributed by atoms with Crippen molar-refractivity contribution >= 4 is 21.4 Å². The van der Waals surface area contributed by atoms with Gasteiger partial charge in [0, 0.05) is 11.1 Å². The summed E-state index contributed by atoms with van der Waals surface area (Å²) >= 11 is 5.75. The maximum absolute atomic E-state index is 11.8. The van der Waals surface area contributed by atoms with Crippen LogP contribution in [0.1, 0.15) is 18.9 Å². The topological polar surface area (TPSA) is 46.2 Å². The molecule has 1 N–H and O–H groups in total. The highest BCUT2D eigenvalue weighted by atomic mass is 35.5. The van der Waals surface area contributed by atoms with Crippen molar-refractivity contribution in [2.75, 3.05) is 12.8 Å². The Kier molecular flexibility index (Phi) is 5.43. The fourth-order valence-electron chi connectivity index (χ4n) is 1.41. The first-order valence-corrected chi connectivity index (χ1v) is 7.75. The third-order valence-corrected chi connectivity index (χ3v) is 4.54. The SMILES string of the molecule is CNC(C)CCS(=O)(=O)Cc1ccc(Cl)cc1. The summed E-state index contributed by atoms with van der Waals surface area (Å²) in [5.41, 5.74) is 0.784. The van der Waals surface area contributed by atoms with Crippen LogP contribution in [0.4, 0.5) is 0 Å². The zero-order chi connectivity index (χ0) is 12.9. The van der Waals surface area contributed by atoms with E-state index in [1.165, 1.54) is 0 Å². The van der Waals surface area contributed by atoms with Gasteiger partial charge in [-0.05, 0) is 38.1 Å². The summed E-state index contributed by atoms with van der Waals surface area (Å²) in [7, 11) is -1.21. The van der Waals surface area contributed by atoms with E-state index in [1.54, 1.807) is 24.3 Å². The van der Waals surface area contributed by atoms with Crippen molar-refractivity contribution in [1.82, 2.24) is 5.32 Å². The van der Waals surface area contributed by atoms with E-state index in [1.807, 2.05) is 14.0 Å². The molecule has 17 heavy (non-hydrogen) atoms. The highest BCUT2D eigenvalue weighted by Crippen LogP contribution is 2.13. The second-order valence-corrected chi connectivity index (χ2v) is 6.82. The van der Waals surface area contributed by atoms with Crippen LogP contribution in [-0.4, -0.2) is 27.3 Å². The van der Waals surface area contributed by atoms with E-state index in [9.17, 15) is 8.42 Å². The first-order chi connectivity index (χ1) is 7.93. The van der Waals surface area contributed by atoms with Crippen molar-refractivity contribution in [3.05, 3.63) is 34.9 Å². The molecule has 0 spiro atoms. The number of rotatable bonds is 6. The van der Waals surface area contributed by atoms with Crippen molar-refractivity contribution in [3.8, 4) is 0 Å². The van der Waals surface area contributed by atoms with E-state index < -0.39 is 9.84 Å². The van der Waals surface area contributed by atoms with Gasteiger partial charge in [0.1, 0.15) is 0 Å². The number of nitrogens with one attached hydrogen (secondary N) is 1. The molecular formula is C12H18ClNO2S. The molecule has 0 saturated carbocycles. The van der Waals surface area contributed by atoms with Gasteiger partial charge in [0.25, 0.3) is 0 Å². The molecule has 0 aliphatic rings. The quantitative estimate of drug-likeness (QED) is 0.866. The molecule has 0 bridgehead atoms. The van der Waals surface area contributed by atoms with Gasteiger partial charge in [-0.1, -0.05) is 23.7 Å². The molecule has 0 amide bonds. The summed E-state index contributed by atoms with van der Waals surface area (Å²) in [5.74, 6) is 0.290. The fourth-order valence-corrected chi connectivity index (χ4v) is 3.09. The summed E-state index contributed by atoms with van der Waals surface area (Å²) in [4.78, 5) is 0. The van der Waals surface area contributed by atoms with E-state index in [-0.39, 0.29) is 17.5 Å². The fraction of sp³-hybridized carbons (Fsp3) is 0.500. The Morgan fingerprint density at radius 1 is 1.29 bits per heavy atom. The first-order valence-electron chi connectivity index (χ1n) is 5.55. The Morgan fingerprint density at radius 2 is 1.88 bits per heavy atom. The Morgan fingerprint density at radius 3 is 2.41 bits per heavy atom. The van der Waals surface area contributed by atoms with Gasteiger partial charge in [0.15, 0.2) is 9.84 Å². The summed E-state index contributed by atoms with van der Waals surface area (Å²) in [5, 5.41) is 3.65. The standard InChI is InChI=1S/C12H18ClNO2S/c1-10(14-2)7-8-17(15,16)9-11-3-5-12(13)6-4-11/h3-6,10,14H,7-9H2,1-2H3. The minimum atomic E-state index is -3.04. The molecule has 0 fully saturated rings. The zero-order valence-electron chi connectivity index (χ0n) is 10.1. The number of halogens is 1. The maximum Gasteiger partial charge on any atom is 0.154 e. The van der Waals surface area contributed by atoms with Crippen LogP contribution < -0.4 is 5.32 Å². The average molecular weight is 276 g/mol. The predicted octanol–water partition coefficient (Wildman–Crippen LogP) is 2.25. The molecule has 1 aromatic rings. The molecule has 1 atom stereocenters. The smallest absolute Gasteiger partial charge is 0.154 e. The minimum Gasteiger partial charge on any atom is -0.317 e. The van der Waals surface area contributed by atoms with Crippen molar-refractivity contribution < 1.29 is 8.42 Å². The van der Waals surface area contributed by atoms with E-state index in [2.05, 4.69) is 5.32 Å². The van der Waals surface area contributed by atoms with Crippen LogP contribution in [0.25, 0.3) is 0 Å². The second kappa shape index (κ2) is 6.38. The van der Waals surface area contributed by atoms with Gasteiger partial charge in [-0.15, -0.1) is 0 Å². The Labute approximate surface area is 108 Å². The number of sulfone groups is 1. The average Bonchev–Trinajstić information content (AvgIpc) is 2.29. The van der Waals surface area contributed by atoms with Gasteiger partial charge in [0.05, 0.1) is 11.5 Å². The molecule has 1 unspecified atom stereocenters. The van der Waals surface area contributed by atoms with Crippen molar-refractivity contribution in [2.45, 2.75) is 25.1 Å². The largest absolute Gasteiger partial charge is 0.317 e. The van der Waals surface area contributed by atoms with Gasteiger partial charge in [-0.2, -0.15) is 0 Å². The molecule has 5 heteroatoms. The van der Waals surface area contributed by atoms with E-state index in [4.69, 9.17) is 11.6 Å². The van der Waals surface area contributed by atoms with E-state index in [0.29, 0.717) is 11.4 Å². The lowest BCUT2D eigenvalue weighted by Gasteiger charge is -2.10. The molecule has 0 heterocycles. The molecule has 0 aromatic heterocycles. The van der Waals surface area contributed by atoms with Crippen LogP contribution in [0.15, 0.2) is 24.3 Å². The minimum absolute atomic E-state index is 0.0839. The number of hydrogen-bond acceptors (Lipinski definition) is 3. The van der Waals surface area contributed by atoms with Crippen LogP contribution in [0.5, 0.6) is 0 Å². The van der Waals surface area contributed by atoms with E-state index in [0.717, 1.165) is 5.56 Å². The first kappa shape index (κ1) is 14.5. The van der Waals surface area contributed by atoms with Gasteiger partial charge in [-0.3, -0.25) is 0 Å². The number of benzene rings is 1. The molecule has 0 aliphatic carbocycles. The summed E-state index contributed by atoms with van der Waals surface area (Å²) in [6, 6.07) is 7.14. The molecule has 0 saturated heterocycles. The lowest BCUT2D eigenvalue weighted by Crippen LogP contribution is -2.24. The van der Waals surface area contributed by atoms with Crippen molar-refractivity contribution in [2.24, 2.45) is 0 Å². The maximum atomic E-state index is 11.8. The van der Waals surface area contributed by atoms with Crippen LogP contribution in [0.2, 0.25) is 5.02 Å². The van der Waals surface area contributed by atoms with E-state index >= 15 is 0 Å². The molecule has 0 radical (unpaired) electrons. The predicted molar refractivity (Wildman–Crippen MR) is 72.1 cm³/mol.